The topological polar surface area (TPSA) is 51.8 Å². The predicted molar refractivity (Wildman–Crippen MR) is 108 cm³/mol. The van der Waals surface area contributed by atoms with Crippen LogP contribution < -0.4 is 0 Å². The Morgan fingerprint density at radius 2 is 1.85 bits per heavy atom. The van der Waals surface area contributed by atoms with Crippen LogP contribution in [0.1, 0.15) is 45.1 Å². The summed E-state index contributed by atoms with van der Waals surface area (Å²) in [6, 6.07) is 8.32. The van der Waals surface area contributed by atoms with E-state index >= 15 is 0 Å². The predicted octanol–water partition coefficient (Wildman–Crippen LogP) is 5.91. The quantitative estimate of drug-likeness (QED) is 0.457. The van der Waals surface area contributed by atoms with E-state index in [9.17, 15) is 0 Å². The van der Waals surface area contributed by atoms with Gasteiger partial charge in [0.1, 0.15) is 5.58 Å². The van der Waals surface area contributed by atoms with Crippen molar-refractivity contribution in [1.29, 1.82) is 0 Å². The van der Waals surface area contributed by atoms with Crippen molar-refractivity contribution in [3.05, 3.63) is 54.6 Å². The maximum Gasteiger partial charge on any atom is 0.227 e. The summed E-state index contributed by atoms with van der Waals surface area (Å²) in [6.45, 7) is 4.73. The molecule has 1 aliphatic rings. The van der Waals surface area contributed by atoms with Crippen molar-refractivity contribution in [2.75, 3.05) is 0 Å². The maximum atomic E-state index is 6.07. The number of hydrogen-bond acceptors (Lipinski definition) is 4. The first-order valence-electron chi connectivity index (χ1n) is 9.73. The number of nitrogens with zero attached hydrogens (tertiary/aromatic N) is 3. The van der Waals surface area contributed by atoms with Gasteiger partial charge >= 0.3 is 0 Å². The van der Waals surface area contributed by atoms with Gasteiger partial charge in [0.25, 0.3) is 0 Å². The molecule has 1 fully saturated rings. The van der Waals surface area contributed by atoms with Gasteiger partial charge in [-0.15, -0.1) is 0 Å². The molecule has 1 saturated carbocycles. The smallest absolute Gasteiger partial charge is 0.227 e. The lowest BCUT2D eigenvalue weighted by atomic mass is 9.72. The van der Waals surface area contributed by atoms with E-state index in [0.29, 0.717) is 5.71 Å². The third kappa shape index (κ3) is 2.62. The molecule has 4 heteroatoms. The van der Waals surface area contributed by atoms with Crippen molar-refractivity contribution < 1.29 is 4.42 Å². The summed E-state index contributed by atoms with van der Waals surface area (Å²) in [4.78, 5) is 13.5. The summed E-state index contributed by atoms with van der Waals surface area (Å²) in [7, 11) is 0. The molecule has 0 saturated heterocycles. The lowest BCUT2D eigenvalue weighted by Crippen LogP contribution is -2.26. The second kappa shape index (κ2) is 6.15. The van der Waals surface area contributed by atoms with Crippen LogP contribution in [-0.2, 0) is 5.41 Å². The van der Waals surface area contributed by atoms with Crippen LogP contribution in [0, 0.1) is 5.92 Å². The molecule has 136 valence electrons. The Morgan fingerprint density at radius 3 is 2.70 bits per heavy atom. The minimum Gasteiger partial charge on any atom is -0.437 e. The summed E-state index contributed by atoms with van der Waals surface area (Å²) in [5, 5.41) is 1.97. The molecule has 4 aromatic rings. The van der Waals surface area contributed by atoms with Gasteiger partial charge in [0.05, 0.1) is 11.3 Å². The zero-order chi connectivity index (χ0) is 18.4. The molecule has 4 heterocycles. The average molecular weight is 357 g/mol. The molecule has 0 amide bonds. The molecule has 0 bridgehead atoms. The summed E-state index contributed by atoms with van der Waals surface area (Å²) in [5.41, 5.74) is 4.77. The Bertz CT molecular complexity index is 1120. The van der Waals surface area contributed by atoms with Gasteiger partial charge < -0.3 is 4.42 Å². The van der Waals surface area contributed by atoms with E-state index in [2.05, 4.69) is 40.9 Å². The Labute approximate surface area is 158 Å². The molecule has 4 aromatic heterocycles. The monoisotopic (exact) mass is 357 g/mol. The molecule has 5 rings (SSSR count). The van der Waals surface area contributed by atoms with Crippen molar-refractivity contribution >= 4 is 22.1 Å². The fraction of sp³-hybridized carbons (Fsp3) is 0.348. The van der Waals surface area contributed by atoms with Gasteiger partial charge in [-0.2, -0.15) is 0 Å². The zero-order valence-corrected chi connectivity index (χ0v) is 15.8. The number of rotatable bonds is 3. The van der Waals surface area contributed by atoms with Crippen molar-refractivity contribution in [2.45, 2.75) is 44.9 Å². The SMILES string of the molecule is CC(C)(c1ccnc(-c2cncc3c2oc2ncccc23)c1)C1CCCC1. The van der Waals surface area contributed by atoms with Crippen LogP contribution in [0.5, 0.6) is 0 Å². The van der Waals surface area contributed by atoms with E-state index < -0.39 is 0 Å². The molecule has 0 aromatic carbocycles. The molecular weight excluding hydrogens is 334 g/mol. The Morgan fingerprint density at radius 1 is 1.00 bits per heavy atom. The summed E-state index contributed by atoms with van der Waals surface area (Å²) >= 11 is 0. The third-order valence-electron chi connectivity index (χ3n) is 6.31. The minimum absolute atomic E-state index is 0.144. The maximum absolute atomic E-state index is 6.07. The Kier molecular flexibility index (Phi) is 3.74. The second-order valence-electron chi connectivity index (χ2n) is 8.15. The average Bonchev–Trinajstić information content (AvgIpc) is 3.36. The van der Waals surface area contributed by atoms with E-state index in [0.717, 1.165) is 33.5 Å². The number of hydrogen-bond donors (Lipinski definition) is 0. The third-order valence-corrected chi connectivity index (χ3v) is 6.31. The standard InChI is InChI=1S/C23H23N3O/c1-23(2,15-6-3-4-7-15)16-9-11-25-20(12-16)19-14-24-13-18-17-8-5-10-26-22(17)27-21(18)19/h5,8-15H,3-4,6-7H2,1-2H3. The summed E-state index contributed by atoms with van der Waals surface area (Å²) in [5.74, 6) is 0.733. The van der Waals surface area contributed by atoms with Gasteiger partial charge in [-0.05, 0) is 54.0 Å². The largest absolute Gasteiger partial charge is 0.437 e. The van der Waals surface area contributed by atoms with Crippen LogP contribution in [0.15, 0.2) is 53.5 Å². The van der Waals surface area contributed by atoms with Crippen LogP contribution >= 0.6 is 0 Å². The molecule has 1 aliphatic carbocycles. The van der Waals surface area contributed by atoms with E-state index in [1.54, 1.807) is 6.20 Å². The van der Waals surface area contributed by atoms with Gasteiger partial charge in [0.2, 0.25) is 5.71 Å². The first-order chi connectivity index (χ1) is 13.1. The highest BCUT2D eigenvalue weighted by atomic mass is 16.3. The number of pyridine rings is 3. The lowest BCUT2D eigenvalue weighted by molar-refractivity contribution is 0.325. The number of aromatic nitrogens is 3. The van der Waals surface area contributed by atoms with Crippen LogP contribution in [0.2, 0.25) is 0 Å². The fourth-order valence-corrected chi connectivity index (χ4v) is 4.57. The minimum atomic E-state index is 0.144. The highest BCUT2D eigenvalue weighted by molar-refractivity contribution is 6.07. The normalized spacial score (nSPS) is 15.8. The fourth-order valence-electron chi connectivity index (χ4n) is 4.57. The molecule has 0 unspecified atom stereocenters. The van der Waals surface area contributed by atoms with Crippen molar-refractivity contribution in [2.24, 2.45) is 5.92 Å². The molecule has 4 nitrogen and oxygen atoms in total. The Hall–Kier alpha value is -2.75. The summed E-state index contributed by atoms with van der Waals surface area (Å²) < 4.78 is 6.07. The van der Waals surface area contributed by atoms with Crippen LogP contribution in [0.4, 0.5) is 0 Å². The van der Waals surface area contributed by atoms with Crippen molar-refractivity contribution in [3.63, 3.8) is 0 Å². The molecule has 0 aliphatic heterocycles. The molecule has 0 atom stereocenters. The zero-order valence-electron chi connectivity index (χ0n) is 15.8. The van der Waals surface area contributed by atoms with E-state index in [4.69, 9.17) is 4.42 Å². The van der Waals surface area contributed by atoms with Gasteiger partial charge in [-0.3, -0.25) is 9.97 Å². The van der Waals surface area contributed by atoms with E-state index in [1.807, 2.05) is 30.7 Å². The first kappa shape index (κ1) is 16.4. The molecule has 27 heavy (non-hydrogen) atoms. The van der Waals surface area contributed by atoms with E-state index in [1.165, 1.54) is 31.2 Å². The number of furan rings is 1. The van der Waals surface area contributed by atoms with Crippen LogP contribution in [-0.4, -0.2) is 15.0 Å². The van der Waals surface area contributed by atoms with Gasteiger partial charge in [0.15, 0.2) is 0 Å². The highest BCUT2D eigenvalue weighted by Crippen LogP contribution is 2.42. The lowest BCUT2D eigenvalue weighted by Gasteiger charge is -2.32. The molecular formula is C23H23N3O. The summed E-state index contributed by atoms with van der Waals surface area (Å²) in [6.07, 6.45) is 12.7. The molecule has 0 radical (unpaired) electrons. The molecule has 0 spiro atoms. The van der Waals surface area contributed by atoms with Gasteiger partial charge in [0, 0.05) is 35.6 Å². The Balaban J connectivity index is 1.65. The van der Waals surface area contributed by atoms with Crippen molar-refractivity contribution in [1.82, 2.24) is 15.0 Å². The molecule has 0 N–H and O–H groups in total. The second-order valence-corrected chi connectivity index (χ2v) is 8.15. The first-order valence-corrected chi connectivity index (χ1v) is 9.73. The van der Waals surface area contributed by atoms with Gasteiger partial charge in [-0.25, -0.2) is 4.98 Å². The van der Waals surface area contributed by atoms with Crippen LogP contribution in [0.3, 0.4) is 0 Å². The van der Waals surface area contributed by atoms with Crippen LogP contribution in [0.25, 0.3) is 33.3 Å². The van der Waals surface area contributed by atoms with Gasteiger partial charge in [-0.1, -0.05) is 26.7 Å². The number of fused-ring (bicyclic) bond motifs is 3. The van der Waals surface area contributed by atoms with Crippen molar-refractivity contribution in [3.8, 4) is 11.3 Å². The van der Waals surface area contributed by atoms with E-state index in [-0.39, 0.29) is 5.41 Å². The highest BCUT2D eigenvalue weighted by Gasteiger charge is 2.33.